The van der Waals surface area contributed by atoms with Gasteiger partial charge in [0, 0.05) is 15.5 Å². The van der Waals surface area contributed by atoms with Crippen molar-refractivity contribution in [3.05, 3.63) is 68.6 Å². The summed E-state index contributed by atoms with van der Waals surface area (Å²) in [5.41, 5.74) is 2.34. The smallest absolute Gasteiger partial charge is 0.0953 e. The Labute approximate surface area is 136 Å². The van der Waals surface area contributed by atoms with Gasteiger partial charge in [-0.2, -0.15) is 0 Å². The molecule has 0 aliphatic rings. The molecule has 0 amide bonds. The summed E-state index contributed by atoms with van der Waals surface area (Å²) in [4.78, 5) is 0. The maximum Gasteiger partial charge on any atom is 0.0953 e. The van der Waals surface area contributed by atoms with E-state index in [1.807, 2.05) is 31.3 Å². The Morgan fingerprint density at radius 3 is 2.45 bits per heavy atom. The van der Waals surface area contributed by atoms with E-state index < -0.39 is 0 Å². The lowest BCUT2D eigenvalue weighted by atomic mass is 10.1. The molecule has 0 radical (unpaired) electrons. The third kappa shape index (κ3) is 4.70. The van der Waals surface area contributed by atoms with Crippen LogP contribution in [0.4, 0.5) is 0 Å². The van der Waals surface area contributed by atoms with E-state index in [0.29, 0.717) is 6.61 Å². The van der Waals surface area contributed by atoms with Crippen molar-refractivity contribution in [2.75, 3.05) is 13.6 Å². The maximum absolute atomic E-state index is 6.05. The molecule has 1 atom stereocenters. The van der Waals surface area contributed by atoms with E-state index in [1.165, 1.54) is 5.56 Å². The highest BCUT2D eigenvalue weighted by Crippen LogP contribution is 2.21. The molecule has 2 rings (SSSR count). The minimum Gasteiger partial charge on any atom is -0.368 e. The van der Waals surface area contributed by atoms with Crippen LogP contribution in [0.2, 0.25) is 0 Å². The fourth-order valence-corrected chi connectivity index (χ4v) is 2.67. The summed E-state index contributed by atoms with van der Waals surface area (Å²) in [7, 11) is 1.94. The molecule has 4 heteroatoms. The van der Waals surface area contributed by atoms with Crippen molar-refractivity contribution < 1.29 is 4.74 Å². The lowest BCUT2D eigenvalue weighted by Gasteiger charge is -2.18. The number of ether oxygens (including phenoxy) is 1. The van der Waals surface area contributed by atoms with Gasteiger partial charge in [0.25, 0.3) is 0 Å². The molecule has 20 heavy (non-hydrogen) atoms. The molecule has 1 unspecified atom stereocenters. The molecule has 1 N–H and O–H groups in total. The molecule has 0 aromatic heterocycles. The normalized spacial score (nSPS) is 12.3. The summed E-state index contributed by atoms with van der Waals surface area (Å²) in [6.45, 7) is 1.39. The Hall–Kier alpha value is -0.680. The minimum absolute atomic E-state index is 0.0482. The first kappa shape index (κ1) is 15.7. The van der Waals surface area contributed by atoms with Crippen molar-refractivity contribution in [2.45, 2.75) is 12.7 Å². The van der Waals surface area contributed by atoms with Crippen LogP contribution in [0.1, 0.15) is 17.2 Å². The van der Waals surface area contributed by atoms with Gasteiger partial charge in [-0.05, 0) is 42.4 Å². The van der Waals surface area contributed by atoms with E-state index in [2.05, 4.69) is 61.4 Å². The molecule has 2 aromatic rings. The molecule has 0 fully saturated rings. The Bertz CT molecular complexity index is 542. The third-order valence-electron chi connectivity index (χ3n) is 2.97. The summed E-state index contributed by atoms with van der Waals surface area (Å²) in [6.07, 6.45) is 0.0482. The van der Waals surface area contributed by atoms with Crippen LogP contribution in [0.25, 0.3) is 0 Å². The van der Waals surface area contributed by atoms with Crippen LogP contribution in [0.3, 0.4) is 0 Å². The van der Waals surface area contributed by atoms with Crippen molar-refractivity contribution in [3.63, 3.8) is 0 Å². The highest BCUT2D eigenvalue weighted by Gasteiger charge is 2.11. The predicted molar refractivity (Wildman–Crippen MR) is 89.7 cm³/mol. The zero-order valence-corrected chi connectivity index (χ0v) is 14.4. The van der Waals surface area contributed by atoms with Gasteiger partial charge in [-0.3, -0.25) is 0 Å². The zero-order valence-electron chi connectivity index (χ0n) is 11.3. The van der Waals surface area contributed by atoms with E-state index in [4.69, 9.17) is 4.74 Å². The lowest BCUT2D eigenvalue weighted by Crippen LogP contribution is -2.19. The first-order valence-corrected chi connectivity index (χ1v) is 8.04. The van der Waals surface area contributed by atoms with Crippen LogP contribution >= 0.6 is 31.9 Å². The van der Waals surface area contributed by atoms with Crippen molar-refractivity contribution in [2.24, 2.45) is 0 Å². The number of hydrogen-bond donors (Lipinski definition) is 1. The lowest BCUT2D eigenvalue weighted by molar-refractivity contribution is 0.0410. The van der Waals surface area contributed by atoms with E-state index in [-0.39, 0.29) is 6.10 Å². The van der Waals surface area contributed by atoms with E-state index in [9.17, 15) is 0 Å². The largest absolute Gasteiger partial charge is 0.368 e. The second kappa shape index (κ2) is 7.93. The number of halogens is 2. The number of hydrogen-bond acceptors (Lipinski definition) is 2. The Kier molecular flexibility index (Phi) is 6.23. The molecule has 106 valence electrons. The van der Waals surface area contributed by atoms with Crippen molar-refractivity contribution in [1.29, 1.82) is 0 Å². The molecule has 0 saturated carbocycles. The van der Waals surface area contributed by atoms with Gasteiger partial charge >= 0.3 is 0 Å². The Morgan fingerprint density at radius 2 is 1.80 bits per heavy atom. The average Bonchev–Trinajstić information content (AvgIpc) is 2.44. The molecule has 0 saturated heterocycles. The first-order chi connectivity index (χ1) is 9.69. The topological polar surface area (TPSA) is 21.3 Å². The summed E-state index contributed by atoms with van der Waals surface area (Å²) in [5, 5.41) is 3.18. The van der Waals surface area contributed by atoms with Gasteiger partial charge in [0.05, 0.1) is 12.7 Å². The van der Waals surface area contributed by atoms with E-state index >= 15 is 0 Å². The van der Waals surface area contributed by atoms with E-state index in [1.54, 1.807) is 0 Å². The highest BCUT2D eigenvalue weighted by atomic mass is 79.9. The average molecular weight is 399 g/mol. The van der Waals surface area contributed by atoms with Crippen LogP contribution in [-0.4, -0.2) is 13.6 Å². The van der Waals surface area contributed by atoms with Crippen LogP contribution in [0.5, 0.6) is 0 Å². The molecule has 0 heterocycles. The molecule has 0 bridgehead atoms. The number of nitrogens with one attached hydrogen (secondary N) is 1. The SMILES string of the molecule is CNCC(OCc1cccc(Br)c1)c1ccc(Br)cc1. The summed E-state index contributed by atoms with van der Waals surface area (Å²) in [6, 6.07) is 16.5. The maximum atomic E-state index is 6.05. The number of rotatable bonds is 6. The quantitative estimate of drug-likeness (QED) is 0.762. The van der Waals surface area contributed by atoms with Crippen molar-refractivity contribution in [1.82, 2.24) is 5.32 Å². The summed E-state index contributed by atoms with van der Waals surface area (Å²) < 4.78 is 8.21. The standard InChI is InChI=1S/C16H17Br2NO/c1-19-10-16(13-5-7-14(17)8-6-13)20-11-12-3-2-4-15(18)9-12/h2-9,16,19H,10-11H2,1H3. The third-order valence-corrected chi connectivity index (χ3v) is 3.99. The van der Waals surface area contributed by atoms with Gasteiger partial charge in [-0.1, -0.05) is 56.1 Å². The van der Waals surface area contributed by atoms with Gasteiger partial charge in [0.1, 0.15) is 0 Å². The van der Waals surface area contributed by atoms with E-state index in [0.717, 1.165) is 21.1 Å². The second-order valence-electron chi connectivity index (χ2n) is 4.54. The summed E-state index contributed by atoms with van der Waals surface area (Å²) in [5.74, 6) is 0. The molecular formula is C16H17Br2NO. The Morgan fingerprint density at radius 1 is 1.05 bits per heavy atom. The number of likely N-dealkylation sites (N-methyl/N-ethyl adjacent to an activating group) is 1. The predicted octanol–water partition coefficient (Wildman–Crippen LogP) is 4.69. The molecule has 0 aliphatic heterocycles. The van der Waals surface area contributed by atoms with Gasteiger partial charge in [-0.25, -0.2) is 0 Å². The van der Waals surface area contributed by atoms with Gasteiger partial charge in [0.15, 0.2) is 0 Å². The van der Waals surface area contributed by atoms with Gasteiger partial charge < -0.3 is 10.1 Å². The number of benzene rings is 2. The van der Waals surface area contributed by atoms with Crippen LogP contribution in [0, 0.1) is 0 Å². The van der Waals surface area contributed by atoms with Crippen molar-refractivity contribution >= 4 is 31.9 Å². The van der Waals surface area contributed by atoms with Crippen LogP contribution in [0.15, 0.2) is 57.5 Å². The van der Waals surface area contributed by atoms with Gasteiger partial charge in [0.2, 0.25) is 0 Å². The molecule has 0 aliphatic carbocycles. The van der Waals surface area contributed by atoms with Crippen molar-refractivity contribution in [3.8, 4) is 0 Å². The monoisotopic (exact) mass is 397 g/mol. The Balaban J connectivity index is 2.04. The first-order valence-electron chi connectivity index (χ1n) is 6.45. The molecular weight excluding hydrogens is 382 g/mol. The van der Waals surface area contributed by atoms with Crippen LogP contribution < -0.4 is 5.32 Å². The fourth-order valence-electron chi connectivity index (χ4n) is 1.96. The molecule has 0 spiro atoms. The molecule has 2 aromatic carbocycles. The zero-order chi connectivity index (χ0) is 14.4. The second-order valence-corrected chi connectivity index (χ2v) is 6.37. The highest BCUT2D eigenvalue weighted by molar-refractivity contribution is 9.10. The van der Waals surface area contributed by atoms with Gasteiger partial charge in [-0.15, -0.1) is 0 Å². The summed E-state index contributed by atoms with van der Waals surface area (Å²) >= 11 is 6.94. The fraction of sp³-hybridized carbons (Fsp3) is 0.250. The molecule has 2 nitrogen and oxygen atoms in total. The minimum atomic E-state index is 0.0482. The van der Waals surface area contributed by atoms with Crippen LogP contribution in [-0.2, 0) is 11.3 Å².